The molecule has 1 saturated heterocycles. The fraction of sp³-hybridized carbons (Fsp3) is 0.471. The van der Waals surface area contributed by atoms with Crippen molar-refractivity contribution in [1.29, 1.82) is 0 Å². The van der Waals surface area contributed by atoms with Crippen molar-refractivity contribution in [3.8, 4) is 0 Å². The summed E-state index contributed by atoms with van der Waals surface area (Å²) in [7, 11) is 0. The molecule has 0 spiro atoms. The van der Waals surface area contributed by atoms with Crippen LogP contribution in [0, 0.1) is 6.92 Å². The Bertz CT molecular complexity index is 639. The van der Waals surface area contributed by atoms with E-state index in [2.05, 4.69) is 4.98 Å². The van der Waals surface area contributed by atoms with Crippen LogP contribution in [-0.4, -0.2) is 41.6 Å². The Kier molecular flexibility index (Phi) is 3.97. The molecule has 0 bridgehead atoms. The molecule has 2 aromatic rings. The zero-order valence-corrected chi connectivity index (χ0v) is 12.7. The monoisotopic (exact) mass is 286 g/mol. The number of likely N-dealkylation sites (tertiary alicyclic amines) is 1. The molecule has 0 radical (unpaired) electrons. The number of ether oxygens (including phenoxy) is 1. The highest BCUT2D eigenvalue weighted by Crippen LogP contribution is 2.25. The fourth-order valence-corrected chi connectivity index (χ4v) is 3.17. The molecule has 21 heavy (non-hydrogen) atoms. The summed E-state index contributed by atoms with van der Waals surface area (Å²) in [5.41, 5.74) is 2.80. The van der Waals surface area contributed by atoms with E-state index >= 15 is 0 Å². The molecule has 1 amide bonds. The van der Waals surface area contributed by atoms with Gasteiger partial charge in [-0.25, -0.2) is 0 Å². The van der Waals surface area contributed by atoms with E-state index in [-0.39, 0.29) is 5.91 Å². The number of nitrogens with zero attached hydrogens (tertiary/aromatic N) is 1. The SMILES string of the molecule is CCOC1CCN(C(=O)c2c(C)[nH]c3ccccc23)CC1. The van der Waals surface area contributed by atoms with Gasteiger partial charge in [0, 0.05) is 36.3 Å². The third-order valence-corrected chi connectivity index (χ3v) is 4.24. The number of rotatable bonds is 3. The molecule has 1 aromatic heterocycles. The fourth-order valence-electron chi connectivity index (χ4n) is 3.17. The van der Waals surface area contributed by atoms with E-state index < -0.39 is 0 Å². The smallest absolute Gasteiger partial charge is 0.256 e. The van der Waals surface area contributed by atoms with Crippen molar-refractivity contribution in [2.75, 3.05) is 19.7 Å². The average molecular weight is 286 g/mol. The maximum Gasteiger partial charge on any atom is 0.256 e. The molecule has 1 fully saturated rings. The molecule has 1 aliphatic rings. The number of hydrogen-bond acceptors (Lipinski definition) is 2. The summed E-state index contributed by atoms with van der Waals surface area (Å²) in [6.07, 6.45) is 2.17. The molecule has 0 aliphatic carbocycles. The molecule has 4 heteroatoms. The number of carbonyl (C=O) groups is 1. The molecule has 2 heterocycles. The van der Waals surface area contributed by atoms with Crippen LogP contribution >= 0.6 is 0 Å². The minimum Gasteiger partial charge on any atom is -0.378 e. The number of fused-ring (bicyclic) bond motifs is 1. The van der Waals surface area contributed by atoms with E-state index in [0.717, 1.165) is 54.7 Å². The van der Waals surface area contributed by atoms with Gasteiger partial charge in [0.2, 0.25) is 0 Å². The predicted molar refractivity (Wildman–Crippen MR) is 83.6 cm³/mol. The Morgan fingerprint density at radius 1 is 1.33 bits per heavy atom. The number of para-hydroxylation sites is 1. The number of carbonyl (C=O) groups excluding carboxylic acids is 1. The molecule has 1 aromatic carbocycles. The molecular weight excluding hydrogens is 264 g/mol. The summed E-state index contributed by atoms with van der Waals surface area (Å²) in [5, 5.41) is 1.02. The first kappa shape index (κ1) is 14.1. The van der Waals surface area contributed by atoms with Gasteiger partial charge < -0.3 is 14.6 Å². The molecule has 0 unspecified atom stereocenters. The lowest BCUT2D eigenvalue weighted by Crippen LogP contribution is -2.41. The van der Waals surface area contributed by atoms with Gasteiger partial charge in [-0.1, -0.05) is 18.2 Å². The summed E-state index contributed by atoms with van der Waals surface area (Å²) in [6.45, 7) is 6.30. The van der Waals surface area contributed by atoms with Crippen LogP contribution in [0.5, 0.6) is 0 Å². The van der Waals surface area contributed by atoms with E-state index in [1.165, 1.54) is 0 Å². The highest BCUT2D eigenvalue weighted by atomic mass is 16.5. The van der Waals surface area contributed by atoms with Gasteiger partial charge in [-0.2, -0.15) is 0 Å². The summed E-state index contributed by atoms with van der Waals surface area (Å²) in [5.74, 6) is 0.139. The predicted octanol–water partition coefficient (Wildman–Crippen LogP) is 3.12. The van der Waals surface area contributed by atoms with Gasteiger partial charge in [0.25, 0.3) is 5.91 Å². The maximum atomic E-state index is 12.8. The van der Waals surface area contributed by atoms with Crippen LogP contribution in [0.1, 0.15) is 35.8 Å². The van der Waals surface area contributed by atoms with Crippen molar-refractivity contribution in [3.05, 3.63) is 35.5 Å². The van der Waals surface area contributed by atoms with Crippen molar-refractivity contribution in [2.45, 2.75) is 32.8 Å². The van der Waals surface area contributed by atoms with Crippen LogP contribution in [0.25, 0.3) is 10.9 Å². The van der Waals surface area contributed by atoms with Crippen molar-refractivity contribution in [2.24, 2.45) is 0 Å². The number of aryl methyl sites for hydroxylation is 1. The summed E-state index contributed by atoms with van der Waals surface area (Å²) in [6, 6.07) is 7.99. The standard InChI is InChI=1S/C17H22N2O2/c1-3-21-13-8-10-19(11-9-13)17(20)16-12(2)18-15-7-5-4-6-14(15)16/h4-7,13,18H,3,8-11H2,1-2H3. The first-order chi connectivity index (χ1) is 10.2. The molecule has 0 saturated carbocycles. The second-order valence-corrected chi connectivity index (χ2v) is 5.62. The Morgan fingerprint density at radius 3 is 2.76 bits per heavy atom. The lowest BCUT2D eigenvalue weighted by atomic mass is 10.0. The minimum atomic E-state index is 0.139. The summed E-state index contributed by atoms with van der Waals surface area (Å²) in [4.78, 5) is 18.1. The number of amides is 1. The number of H-pyrrole nitrogens is 1. The Hall–Kier alpha value is -1.81. The van der Waals surface area contributed by atoms with Crippen LogP contribution in [0.2, 0.25) is 0 Å². The van der Waals surface area contributed by atoms with Gasteiger partial charge >= 0.3 is 0 Å². The molecule has 1 aliphatic heterocycles. The Morgan fingerprint density at radius 2 is 2.05 bits per heavy atom. The van der Waals surface area contributed by atoms with E-state index in [0.29, 0.717) is 6.10 Å². The third kappa shape index (κ3) is 2.68. The Labute approximate surface area is 125 Å². The van der Waals surface area contributed by atoms with Crippen LogP contribution in [0.3, 0.4) is 0 Å². The van der Waals surface area contributed by atoms with Crippen molar-refractivity contribution in [3.63, 3.8) is 0 Å². The van der Waals surface area contributed by atoms with Gasteiger partial charge in [-0.05, 0) is 32.8 Å². The van der Waals surface area contributed by atoms with Crippen molar-refractivity contribution < 1.29 is 9.53 Å². The number of nitrogens with one attached hydrogen (secondary N) is 1. The number of piperidine rings is 1. The Balaban J connectivity index is 1.80. The quantitative estimate of drug-likeness (QED) is 0.942. The first-order valence-corrected chi connectivity index (χ1v) is 7.69. The average Bonchev–Trinajstić information content (AvgIpc) is 2.83. The second kappa shape index (κ2) is 5.90. The van der Waals surface area contributed by atoms with E-state index in [1.54, 1.807) is 0 Å². The van der Waals surface area contributed by atoms with Crippen LogP contribution < -0.4 is 0 Å². The first-order valence-electron chi connectivity index (χ1n) is 7.69. The molecular formula is C17H22N2O2. The zero-order valence-electron chi connectivity index (χ0n) is 12.7. The van der Waals surface area contributed by atoms with Crippen molar-refractivity contribution in [1.82, 2.24) is 9.88 Å². The lowest BCUT2D eigenvalue weighted by Gasteiger charge is -2.31. The van der Waals surface area contributed by atoms with E-state index in [1.807, 2.05) is 43.0 Å². The highest BCUT2D eigenvalue weighted by Gasteiger charge is 2.26. The maximum absolute atomic E-state index is 12.8. The zero-order chi connectivity index (χ0) is 14.8. The highest BCUT2D eigenvalue weighted by molar-refractivity contribution is 6.08. The number of aromatic nitrogens is 1. The van der Waals surface area contributed by atoms with Gasteiger partial charge in [-0.15, -0.1) is 0 Å². The number of aromatic amines is 1. The van der Waals surface area contributed by atoms with Gasteiger partial charge in [-0.3, -0.25) is 4.79 Å². The molecule has 4 nitrogen and oxygen atoms in total. The number of hydrogen-bond donors (Lipinski definition) is 1. The molecule has 3 rings (SSSR count). The van der Waals surface area contributed by atoms with Crippen LogP contribution in [-0.2, 0) is 4.74 Å². The van der Waals surface area contributed by atoms with Crippen molar-refractivity contribution >= 4 is 16.8 Å². The van der Waals surface area contributed by atoms with E-state index in [4.69, 9.17) is 4.74 Å². The van der Waals surface area contributed by atoms with Crippen LogP contribution in [0.15, 0.2) is 24.3 Å². The van der Waals surface area contributed by atoms with Crippen LogP contribution in [0.4, 0.5) is 0 Å². The normalized spacial score (nSPS) is 16.6. The summed E-state index contributed by atoms with van der Waals surface area (Å²) >= 11 is 0. The van der Waals surface area contributed by atoms with E-state index in [9.17, 15) is 4.79 Å². The minimum absolute atomic E-state index is 0.139. The second-order valence-electron chi connectivity index (χ2n) is 5.62. The van der Waals surface area contributed by atoms with Gasteiger partial charge in [0.05, 0.1) is 11.7 Å². The largest absolute Gasteiger partial charge is 0.378 e. The van der Waals surface area contributed by atoms with Gasteiger partial charge in [0.15, 0.2) is 0 Å². The molecule has 1 N–H and O–H groups in total. The molecule has 112 valence electrons. The number of benzene rings is 1. The third-order valence-electron chi connectivity index (χ3n) is 4.24. The lowest BCUT2D eigenvalue weighted by molar-refractivity contribution is 0.0146. The topological polar surface area (TPSA) is 45.3 Å². The van der Waals surface area contributed by atoms with Gasteiger partial charge in [0.1, 0.15) is 0 Å². The summed E-state index contributed by atoms with van der Waals surface area (Å²) < 4.78 is 5.65. The molecule has 0 atom stereocenters.